The van der Waals surface area contributed by atoms with Crippen molar-refractivity contribution >= 4 is 5.91 Å². The summed E-state index contributed by atoms with van der Waals surface area (Å²) in [6.07, 6.45) is 0.437. The number of hydrogen-bond donors (Lipinski definition) is 1. The minimum Gasteiger partial charge on any atom is -0.496 e. The molecule has 1 amide bonds. The first-order chi connectivity index (χ1) is 14.7. The molecule has 1 heterocycles. The van der Waals surface area contributed by atoms with Crippen LogP contribution in [-0.4, -0.2) is 29.7 Å². The van der Waals surface area contributed by atoms with Crippen molar-refractivity contribution in [2.75, 3.05) is 13.7 Å². The van der Waals surface area contributed by atoms with E-state index < -0.39 is 0 Å². The molecule has 4 rings (SSSR count). The number of carbonyl (C=O) groups excluding carboxylic acids is 1. The molecule has 0 spiro atoms. The number of para-hydroxylation sites is 1. The van der Waals surface area contributed by atoms with E-state index in [0.29, 0.717) is 36.0 Å². The van der Waals surface area contributed by atoms with Gasteiger partial charge in [-0.1, -0.05) is 59.8 Å². The lowest BCUT2D eigenvalue weighted by Crippen LogP contribution is -2.25. The van der Waals surface area contributed by atoms with Crippen LogP contribution in [0.1, 0.15) is 16.2 Å². The van der Waals surface area contributed by atoms with Crippen LogP contribution in [0.2, 0.25) is 0 Å². The zero-order chi connectivity index (χ0) is 20.8. The van der Waals surface area contributed by atoms with E-state index in [2.05, 4.69) is 15.5 Å². The van der Waals surface area contributed by atoms with Gasteiger partial charge in [-0.3, -0.25) is 4.79 Å². The molecule has 3 aromatic carbocycles. The molecule has 6 nitrogen and oxygen atoms in total. The highest BCUT2D eigenvalue weighted by atomic mass is 16.5. The van der Waals surface area contributed by atoms with Gasteiger partial charge in [0, 0.05) is 18.5 Å². The zero-order valence-corrected chi connectivity index (χ0v) is 16.5. The molecule has 0 bridgehead atoms. The van der Waals surface area contributed by atoms with Crippen LogP contribution in [-0.2, 0) is 6.42 Å². The van der Waals surface area contributed by atoms with E-state index in [0.717, 1.165) is 16.7 Å². The predicted octanol–water partition coefficient (Wildman–Crippen LogP) is 4.38. The van der Waals surface area contributed by atoms with Crippen LogP contribution in [0.15, 0.2) is 83.4 Å². The molecule has 0 unspecified atom stereocenters. The van der Waals surface area contributed by atoms with E-state index in [-0.39, 0.29) is 5.91 Å². The zero-order valence-electron chi connectivity index (χ0n) is 16.5. The van der Waals surface area contributed by atoms with Crippen LogP contribution in [0.3, 0.4) is 0 Å². The Hall–Kier alpha value is -3.93. The molecule has 0 fully saturated rings. The molecule has 150 valence electrons. The van der Waals surface area contributed by atoms with Crippen molar-refractivity contribution in [2.45, 2.75) is 6.42 Å². The number of rotatable bonds is 7. The van der Waals surface area contributed by atoms with Gasteiger partial charge >= 0.3 is 0 Å². The van der Waals surface area contributed by atoms with Gasteiger partial charge in [0.15, 0.2) is 0 Å². The maximum absolute atomic E-state index is 12.5. The van der Waals surface area contributed by atoms with E-state index in [4.69, 9.17) is 9.26 Å². The minimum atomic E-state index is -0.141. The number of carbonyl (C=O) groups is 1. The second-order valence-corrected chi connectivity index (χ2v) is 6.66. The Kier molecular flexibility index (Phi) is 5.85. The Morgan fingerprint density at radius 2 is 1.73 bits per heavy atom. The van der Waals surface area contributed by atoms with Crippen molar-refractivity contribution in [3.8, 4) is 28.3 Å². The Bertz CT molecular complexity index is 1140. The van der Waals surface area contributed by atoms with Crippen molar-refractivity contribution in [3.63, 3.8) is 0 Å². The molecule has 6 heteroatoms. The average molecular weight is 399 g/mol. The van der Waals surface area contributed by atoms with Gasteiger partial charge in [0.1, 0.15) is 5.75 Å². The van der Waals surface area contributed by atoms with E-state index in [1.54, 1.807) is 13.2 Å². The molecule has 0 atom stereocenters. The van der Waals surface area contributed by atoms with Crippen molar-refractivity contribution < 1.29 is 14.1 Å². The summed E-state index contributed by atoms with van der Waals surface area (Å²) in [6.45, 7) is 0.391. The molecular weight excluding hydrogens is 378 g/mol. The highest BCUT2D eigenvalue weighted by Gasteiger charge is 2.13. The van der Waals surface area contributed by atoms with Gasteiger partial charge in [0.2, 0.25) is 11.7 Å². The Labute approximate surface area is 174 Å². The van der Waals surface area contributed by atoms with Gasteiger partial charge in [-0.25, -0.2) is 0 Å². The smallest absolute Gasteiger partial charge is 0.251 e. The Morgan fingerprint density at radius 1 is 0.967 bits per heavy atom. The van der Waals surface area contributed by atoms with Gasteiger partial charge in [-0.2, -0.15) is 4.98 Å². The summed E-state index contributed by atoms with van der Waals surface area (Å²) in [4.78, 5) is 16.9. The normalized spacial score (nSPS) is 10.6. The predicted molar refractivity (Wildman–Crippen MR) is 114 cm³/mol. The molecule has 0 saturated heterocycles. The quantitative estimate of drug-likeness (QED) is 0.499. The van der Waals surface area contributed by atoms with Crippen LogP contribution in [0.5, 0.6) is 5.75 Å². The standard InChI is InChI=1S/C24H21N3O3/c1-29-21-13-6-5-12-20(21)23-26-22(30-27-23)14-15-25-24(28)19-11-7-10-18(16-19)17-8-3-2-4-9-17/h2-13,16H,14-15H2,1H3,(H,25,28). The summed E-state index contributed by atoms with van der Waals surface area (Å²) in [6, 6.07) is 25.0. The van der Waals surface area contributed by atoms with Crippen molar-refractivity contribution in [1.82, 2.24) is 15.5 Å². The highest BCUT2D eigenvalue weighted by Crippen LogP contribution is 2.27. The summed E-state index contributed by atoms with van der Waals surface area (Å²) in [5, 5.41) is 6.92. The maximum Gasteiger partial charge on any atom is 0.251 e. The fourth-order valence-electron chi connectivity index (χ4n) is 3.15. The molecule has 0 aliphatic rings. The highest BCUT2D eigenvalue weighted by molar-refractivity contribution is 5.95. The summed E-state index contributed by atoms with van der Waals surface area (Å²) in [5.41, 5.74) is 3.44. The second kappa shape index (κ2) is 9.05. The van der Waals surface area contributed by atoms with Crippen LogP contribution >= 0.6 is 0 Å². The third kappa shape index (κ3) is 4.38. The monoisotopic (exact) mass is 399 g/mol. The number of hydrogen-bond acceptors (Lipinski definition) is 5. The Balaban J connectivity index is 1.37. The molecule has 1 N–H and O–H groups in total. The van der Waals surface area contributed by atoms with E-state index >= 15 is 0 Å². The lowest BCUT2D eigenvalue weighted by atomic mass is 10.0. The van der Waals surface area contributed by atoms with Gasteiger partial charge in [-0.05, 0) is 35.4 Å². The molecule has 30 heavy (non-hydrogen) atoms. The first kappa shape index (κ1) is 19.4. The number of nitrogens with one attached hydrogen (secondary N) is 1. The van der Waals surface area contributed by atoms with Gasteiger partial charge in [0.25, 0.3) is 5.91 Å². The fourth-order valence-corrected chi connectivity index (χ4v) is 3.15. The fraction of sp³-hybridized carbons (Fsp3) is 0.125. The first-order valence-corrected chi connectivity index (χ1v) is 9.64. The van der Waals surface area contributed by atoms with Crippen LogP contribution in [0, 0.1) is 0 Å². The third-order valence-electron chi connectivity index (χ3n) is 4.67. The van der Waals surface area contributed by atoms with Gasteiger partial charge in [0.05, 0.1) is 12.7 Å². The molecule has 0 aliphatic heterocycles. The number of methoxy groups -OCH3 is 1. The van der Waals surface area contributed by atoms with E-state index in [1.165, 1.54) is 0 Å². The summed E-state index contributed by atoms with van der Waals surface area (Å²) in [5.74, 6) is 1.45. The van der Waals surface area contributed by atoms with E-state index in [1.807, 2.05) is 72.8 Å². The molecular formula is C24H21N3O3. The summed E-state index contributed by atoms with van der Waals surface area (Å²) >= 11 is 0. The van der Waals surface area contributed by atoms with Gasteiger partial charge in [-0.15, -0.1) is 0 Å². The van der Waals surface area contributed by atoms with Crippen LogP contribution in [0.25, 0.3) is 22.5 Å². The third-order valence-corrected chi connectivity index (χ3v) is 4.67. The molecule has 0 aliphatic carbocycles. The number of nitrogens with zero attached hydrogens (tertiary/aromatic N) is 2. The second-order valence-electron chi connectivity index (χ2n) is 6.66. The lowest BCUT2D eigenvalue weighted by molar-refractivity contribution is 0.0953. The topological polar surface area (TPSA) is 77.3 Å². The van der Waals surface area contributed by atoms with Crippen LogP contribution < -0.4 is 10.1 Å². The largest absolute Gasteiger partial charge is 0.496 e. The first-order valence-electron chi connectivity index (χ1n) is 9.64. The van der Waals surface area contributed by atoms with E-state index in [9.17, 15) is 4.79 Å². The summed E-state index contributed by atoms with van der Waals surface area (Å²) < 4.78 is 10.6. The van der Waals surface area contributed by atoms with Crippen molar-refractivity contribution in [1.29, 1.82) is 0 Å². The molecule has 0 saturated carbocycles. The van der Waals surface area contributed by atoms with Crippen LogP contribution in [0.4, 0.5) is 0 Å². The summed E-state index contributed by atoms with van der Waals surface area (Å²) in [7, 11) is 1.60. The average Bonchev–Trinajstić information content (AvgIpc) is 3.28. The number of benzene rings is 3. The molecule has 0 radical (unpaired) electrons. The lowest BCUT2D eigenvalue weighted by Gasteiger charge is -2.06. The Morgan fingerprint density at radius 3 is 2.57 bits per heavy atom. The molecule has 1 aromatic heterocycles. The number of aromatic nitrogens is 2. The molecule has 4 aromatic rings. The maximum atomic E-state index is 12.5. The minimum absolute atomic E-state index is 0.141. The van der Waals surface area contributed by atoms with Crippen molar-refractivity contribution in [3.05, 3.63) is 90.3 Å². The number of ether oxygens (including phenoxy) is 1. The van der Waals surface area contributed by atoms with Gasteiger partial charge < -0.3 is 14.6 Å². The van der Waals surface area contributed by atoms with Crippen molar-refractivity contribution in [2.24, 2.45) is 0 Å². The number of amides is 1. The SMILES string of the molecule is COc1ccccc1-c1noc(CCNC(=O)c2cccc(-c3ccccc3)c2)n1.